The highest BCUT2D eigenvalue weighted by atomic mass is 19.1. The lowest BCUT2D eigenvalue weighted by Gasteiger charge is -2.42. The van der Waals surface area contributed by atoms with Gasteiger partial charge in [0, 0.05) is 19.6 Å². The summed E-state index contributed by atoms with van der Waals surface area (Å²) in [6, 6.07) is 6.03. The molecule has 0 bridgehead atoms. The maximum Gasteiger partial charge on any atom is 0.296 e. The number of halogens is 1. The minimum Gasteiger partial charge on any atom is -0.501 e. The van der Waals surface area contributed by atoms with Crippen molar-refractivity contribution in [3.05, 3.63) is 81.9 Å². The Labute approximate surface area is 185 Å². The summed E-state index contributed by atoms with van der Waals surface area (Å²) >= 11 is 0. The molecule has 168 valence electrons. The normalized spacial score (nSPS) is 15.4. The van der Waals surface area contributed by atoms with Crippen molar-refractivity contribution >= 4 is 5.70 Å². The van der Waals surface area contributed by atoms with E-state index in [4.69, 9.17) is 4.42 Å². The van der Waals surface area contributed by atoms with Crippen LogP contribution in [0, 0.1) is 12.7 Å². The Bertz CT molecular complexity index is 1210. The first-order valence-electron chi connectivity index (χ1n) is 10.3. The summed E-state index contributed by atoms with van der Waals surface area (Å²) in [6.45, 7) is 11.5. The second-order valence-electron chi connectivity index (χ2n) is 8.41. The average Bonchev–Trinajstić information content (AvgIpc) is 3.16. The number of hydrogen-bond acceptors (Lipinski definition) is 7. The predicted molar refractivity (Wildman–Crippen MR) is 117 cm³/mol. The summed E-state index contributed by atoms with van der Waals surface area (Å²) in [7, 11) is 0. The van der Waals surface area contributed by atoms with Gasteiger partial charge in [-0.25, -0.2) is 14.4 Å². The van der Waals surface area contributed by atoms with Gasteiger partial charge in [-0.05, 0) is 38.5 Å². The van der Waals surface area contributed by atoms with Crippen LogP contribution in [-0.4, -0.2) is 31.1 Å². The van der Waals surface area contributed by atoms with Gasteiger partial charge < -0.3 is 14.8 Å². The van der Waals surface area contributed by atoms with Crippen molar-refractivity contribution in [3.63, 3.8) is 0 Å². The molecule has 1 aliphatic heterocycles. The number of nitrogens with zero attached hydrogens (tertiary/aromatic N) is 4. The summed E-state index contributed by atoms with van der Waals surface area (Å²) in [5.74, 6) is 0.351. The van der Waals surface area contributed by atoms with Crippen LogP contribution in [-0.2, 0) is 25.2 Å². The number of oxazole rings is 1. The van der Waals surface area contributed by atoms with E-state index in [0.29, 0.717) is 43.6 Å². The number of hydrogen-bond donors (Lipinski definition) is 2. The minimum atomic E-state index is -0.626. The van der Waals surface area contributed by atoms with E-state index in [1.807, 2.05) is 20.8 Å². The second-order valence-corrected chi connectivity index (χ2v) is 8.41. The topological polar surface area (TPSA) is 96.4 Å². The van der Waals surface area contributed by atoms with Gasteiger partial charge in [-0.2, -0.15) is 0 Å². The molecule has 32 heavy (non-hydrogen) atoms. The van der Waals surface area contributed by atoms with Gasteiger partial charge >= 0.3 is 0 Å². The van der Waals surface area contributed by atoms with E-state index in [1.165, 1.54) is 16.7 Å². The quantitative estimate of drug-likeness (QED) is 0.610. The molecule has 3 aromatic rings. The molecule has 1 aliphatic rings. The number of aryl methyl sites for hydroxylation is 1. The molecule has 2 aromatic heterocycles. The zero-order valence-electron chi connectivity index (χ0n) is 18.4. The Morgan fingerprint density at radius 2 is 2.00 bits per heavy atom. The molecule has 8 nitrogen and oxygen atoms in total. The van der Waals surface area contributed by atoms with Crippen molar-refractivity contribution in [1.29, 1.82) is 0 Å². The SMILES string of the molecule is C=C(NCc1ccc(F)cc1)c1nc2n(c(=O)c1O)CCN(Cc1nc(C)co1)C2(C)C. The van der Waals surface area contributed by atoms with Gasteiger partial charge in [0.25, 0.3) is 5.56 Å². The van der Waals surface area contributed by atoms with Crippen LogP contribution in [0.3, 0.4) is 0 Å². The molecule has 0 amide bonds. The first-order chi connectivity index (χ1) is 15.2. The highest BCUT2D eigenvalue weighted by molar-refractivity contribution is 5.63. The van der Waals surface area contributed by atoms with Crippen LogP contribution in [0.25, 0.3) is 5.70 Å². The van der Waals surface area contributed by atoms with Crippen molar-refractivity contribution in [3.8, 4) is 5.75 Å². The number of aromatic nitrogens is 3. The zero-order valence-corrected chi connectivity index (χ0v) is 18.4. The van der Waals surface area contributed by atoms with Crippen LogP contribution in [0.4, 0.5) is 4.39 Å². The molecule has 0 saturated heterocycles. The molecule has 2 N–H and O–H groups in total. The van der Waals surface area contributed by atoms with Crippen molar-refractivity contribution in [2.45, 2.75) is 45.9 Å². The molecule has 0 fully saturated rings. The van der Waals surface area contributed by atoms with E-state index >= 15 is 0 Å². The van der Waals surface area contributed by atoms with Crippen molar-refractivity contribution in [2.75, 3.05) is 6.54 Å². The number of aromatic hydroxyl groups is 1. The highest BCUT2D eigenvalue weighted by Gasteiger charge is 2.39. The molecule has 0 spiro atoms. The van der Waals surface area contributed by atoms with Gasteiger partial charge in [-0.1, -0.05) is 18.7 Å². The van der Waals surface area contributed by atoms with Crippen LogP contribution in [0.1, 0.15) is 42.5 Å². The van der Waals surface area contributed by atoms with Gasteiger partial charge in [-0.15, -0.1) is 0 Å². The molecule has 0 atom stereocenters. The van der Waals surface area contributed by atoms with E-state index in [-0.39, 0.29) is 11.5 Å². The maximum atomic E-state index is 13.1. The lowest BCUT2D eigenvalue weighted by molar-refractivity contribution is 0.0571. The third kappa shape index (κ3) is 4.03. The van der Waals surface area contributed by atoms with Crippen LogP contribution in [0.15, 0.2) is 46.3 Å². The summed E-state index contributed by atoms with van der Waals surface area (Å²) in [6.07, 6.45) is 1.61. The fourth-order valence-corrected chi connectivity index (χ4v) is 3.88. The van der Waals surface area contributed by atoms with E-state index in [9.17, 15) is 14.3 Å². The molecule has 0 saturated carbocycles. The first kappa shape index (κ1) is 21.8. The Morgan fingerprint density at radius 3 is 2.66 bits per heavy atom. The Balaban J connectivity index is 1.61. The van der Waals surface area contributed by atoms with Gasteiger partial charge in [0.05, 0.1) is 23.5 Å². The van der Waals surface area contributed by atoms with Crippen LogP contribution in [0.5, 0.6) is 5.75 Å². The second kappa shape index (κ2) is 8.23. The van der Waals surface area contributed by atoms with Crippen LogP contribution < -0.4 is 10.9 Å². The molecule has 0 unspecified atom stereocenters. The summed E-state index contributed by atoms with van der Waals surface area (Å²) in [5, 5.41) is 13.6. The summed E-state index contributed by atoms with van der Waals surface area (Å²) in [5.41, 5.74) is 0.914. The van der Waals surface area contributed by atoms with Crippen molar-refractivity contribution < 1.29 is 13.9 Å². The molecule has 4 rings (SSSR count). The molecule has 9 heteroatoms. The molecule has 0 radical (unpaired) electrons. The van der Waals surface area contributed by atoms with E-state index < -0.39 is 16.8 Å². The fourth-order valence-electron chi connectivity index (χ4n) is 3.88. The monoisotopic (exact) mass is 439 g/mol. The lowest BCUT2D eigenvalue weighted by atomic mass is 9.98. The smallest absolute Gasteiger partial charge is 0.296 e. The van der Waals surface area contributed by atoms with E-state index in [0.717, 1.165) is 11.3 Å². The summed E-state index contributed by atoms with van der Waals surface area (Å²) in [4.78, 5) is 24.1. The zero-order chi connectivity index (χ0) is 23.0. The van der Waals surface area contributed by atoms with Gasteiger partial charge in [0.15, 0.2) is 0 Å². The predicted octanol–water partition coefficient (Wildman–Crippen LogP) is 2.90. The van der Waals surface area contributed by atoms with Crippen molar-refractivity contribution in [1.82, 2.24) is 24.8 Å². The maximum absolute atomic E-state index is 13.1. The lowest BCUT2D eigenvalue weighted by Crippen LogP contribution is -2.52. The molecular weight excluding hydrogens is 413 g/mol. The van der Waals surface area contributed by atoms with E-state index in [1.54, 1.807) is 18.4 Å². The number of fused-ring (bicyclic) bond motifs is 1. The van der Waals surface area contributed by atoms with E-state index in [2.05, 4.69) is 26.8 Å². The third-order valence-electron chi connectivity index (χ3n) is 5.77. The van der Waals surface area contributed by atoms with Gasteiger partial charge in [0.1, 0.15) is 23.6 Å². The van der Waals surface area contributed by atoms with Crippen LogP contribution >= 0.6 is 0 Å². The fraction of sp³-hybridized carbons (Fsp3) is 0.348. The van der Waals surface area contributed by atoms with Gasteiger partial charge in [-0.3, -0.25) is 14.3 Å². The molecule has 0 aliphatic carbocycles. The molecule has 3 heterocycles. The minimum absolute atomic E-state index is 0.102. The van der Waals surface area contributed by atoms with Crippen molar-refractivity contribution in [2.24, 2.45) is 0 Å². The van der Waals surface area contributed by atoms with Crippen LogP contribution in [0.2, 0.25) is 0 Å². The summed E-state index contributed by atoms with van der Waals surface area (Å²) < 4.78 is 20.1. The standard InChI is InChI=1S/C23H26FN5O3/c1-14-13-32-18(26-14)12-28-9-10-29-21(31)20(30)19(27-22(29)23(28,3)4)15(2)25-11-16-5-7-17(24)8-6-16/h5-8,13,25,30H,2,9-12H2,1,3-4H3. The molecular formula is C23H26FN5O3. The molecule has 1 aromatic carbocycles. The van der Waals surface area contributed by atoms with Gasteiger partial charge in [0.2, 0.25) is 11.6 Å². The number of nitrogens with one attached hydrogen (secondary N) is 1. The highest BCUT2D eigenvalue weighted by Crippen LogP contribution is 2.32. The Kier molecular flexibility index (Phi) is 5.60. The third-order valence-corrected chi connectivity index (χ3v) is 5.77. The number of benzene rings is 1. The largest absolute Gasteiger partial charge is 0.501 e. The number of rotatable bonds is 6. The Hall–Kier alpha value is -3.46. The average molecular weight is 439 g/mol. The Morgan fingerprint density at radius 1 is 1.28 bits per heavy atom. The first-order valence-corrected chi connectivity index (χ1v) is 10.3.